The molecule has 1 unspecified atom stereocenters. The van der Waals surface area contributed by atoms with Crippen LogP contribution in [-0.2, 0) is 14.4 Å². The number of hydrogen-bond donors (Lipinski definition) is 3. The lowest BCUT2D eigenvalue weighted by molar-refractivity contribution is -0.143. The van der Waals surface area contributed by atoms with Crippen molar-refractivity contribution in [2.24, 2.45) is 17.3 Å². The van der Waals surface area contributed by atoms with Gasteiger partial charge in [0.25, 0.3) is 0 Å². The second-order valence-corrected chi connectivity index (χ2v) is 8.60. The first-order chi connectivity index (χ1) is 11.5. The molecular weight excluding hydrogens is 320 g/mol. The molecule has 2 atom stereocenters. The highest BCUT2D eigenvalue weighted by Gasteiger charge is 2.36. The van der Waals surface area contributed by atoms with Crippen LogP contribution in [0.5, 0.6) is 0 Å². The molecule has 1 saturated carbocycles. The monoisotopic (exact) mass is 354 g/mol. The Bertz CT molecular complexity index is 476. The Hall–Kier alpha value is -1.59. The first kappa shape index (κ1) is 21.5. The van der Waals surface area contributed by atoms with E-state index in [2.05, 4.69) is 10.6 Å². The van der Waals surface area contributed by atoms with E-state index in [0.29, 0.717) is 0 Å². The molecule has 0 saturated heterocycles. The summed E-state index contributed by atoms with van der Waals surface area (Å²) in [5.41, 5.74) is -0.459. The Labute approximate surface area is 151 Å². The van der Waals surface area contributed by atoms with Gasteiger partial charge >= 0.3 is 5.97 Å². The van der Waals surface area contributed by atoms with Crippen LogP contribution in [0, 0.1) is 17.3 Å². The van der Waals surface area contributed by atoms with Crippen LogP contribution in [0.15, 0.2) is 0 Å². The van der Waals surface area contributed by atoms with E-state index in [1.54, 1.807) is 0 Å². The van der Waals surface area contributed by atoms with Gasteiger partial charge in [0, 0.05) is 6.04 Å². The zero-order valence-electron chi connectivity index (χ0n) is 16.2. The third-order valence-corrected chi connectivity index (χ3v) is 4.90. The molecule has 1 rings (SSSR count). The van der Waals surface area contributed by atoms with Crippen molar-refractivity contribution in [2.75, 3.05) is 0 Å². The molecule has 0 spiro atoms. The topological polar surface area (TPSA) is 95.5 Å². The molecule has 0 aromatic carbocycles. The summed E-state index contributed by atoms with van der Waals surface area (Å²) < 4.78 is 0. The van der Waals surface area contributed by atoms with E-state index >= 15 is 0 Å². The Morgan fingerprint density at radius 1 is 1.04 bits per heavy atom. The molecule has 0 aliphatic heterocycles. The quantitative estimate of drug-likeness (QED) is 0.655. The van der Waals surface area contributed by atoms with E-state index in [-0.39, 0.29) is 30.2 Å². The molecular formula is C19H34N2O4. The maximum absolute atomic E-state index is 12.8. The van der Waals surface area contributed by atoms with Gasteiger partial charge in [-0.05, 0) is 24.2 Å². The summed E-state index contributed by atoms with van der Waals surface area (Å²) in [6.07, 6.45) is 5.16. The van der Waals surface area contributed by atoms with Crippen LogP contribution in [0.25, 0.3) is 0 Å². The van der Waals surface area contributed by atoms with Gasteiger partial charge < -0.3 is 15.7 Å². The lowest BCUT2D eigenvalue weighted by Crippen LogP contribution is -2.57. The number of carboxylic acid groups (broad SMARTS) is 1. The van der Waals surface area contributed by atoms with Crippen LogP contribution in [0.1, 0.15) is 73.1 Å². The fourth-order valence-corrected chi connectivity index (χ4v) is 3.28. The molecule has 25 heavy (non-hydrogen) atoms. The molecule has 144 valence electrons. The van der Waals surface area contributed by atoms with Crippen LogP contribution < -0.4 is 10.6 Å². The number of nitrogens with one attached hydrogen (secondary N) is 2. The number of hydrogen-bond acceptors (Lipinski definition) is 3. The lowest BCUT2D eigenvalue weighted by atomic mass is 9.84. The van der Waals surface area contributed by atoms with Crippen LogP contribution in [-0.4, -0.2) is 35.0 Å². The highest BCUT2D eigenvalue weighted by atomic mass is 16.4. The Morgan fingerprint density at radius 2 is 1.60 bits per heavy atom. The molecule has 0 aromatic rings. The summed E-state index contributed by atoms with van der Waals surface area (Å²) in [5.74, 6) is -2.31. The highest BCUT2D eigenvalue weighted by molar-refractivity contribution is 5.90. The SMILES string of the molecule is CC(C)[C@@H](CC(=O)O)C(=O)NC(C(=O)NC1CCCCC1)C(C)(C)C. The van der Waals surface area contributed by atoms with Crippen molar-refractivity contribution in [3.05, 3.63) is 0 Å². The second kappa shape index (κ2) is 9.20. The number of carboxylic acids is 1. The van der Waals surface area contributed by atoms with Crippen molar-refractivity contribution in [2.45, 2.75) is 85.2 Å². The second-order valence-electron chi connectivity index (χ2n) is 8.60. The number of carbonyl (C=O) groups excluding carboxylic acids is 2. The summed E-state index contributed by atoms with van der Waals surface area (Å²) in [4.78, 5) is 36.4. The van der Waals surface area contributed by atoms with E-state index in [4.69, 9.17) is 5.11 Å². The normalized spacial score (nSPS) is 18.5. The number of aliphatic carboxylic acids is 1. The van der Waals surface area contributed by atoms with Crippen LogP contribution in [0.4, 0.5) is 0 Å². The third kappa shape index (κ3) is 7.04. The smallest absolute Gasteiger partial charge is 0.304 e. The van der Waals surface area contributed by atoms with Gasteiger partial charge in [0.1, 0.15) is 6.04 Å². The van der Waals surface area contributed by atoms with Crippen LogP contribution in [0.3, 0.4) is 0 Å². The van der Waals surface area contributed by atoms with Gasteiger partial charge in [-0.2, -0.15) is 0 Å². The first-order valence-electron chi connectivity index (χ1n) is 9.35. The molecule has 1 aliphatic carbocycles. The van der Waals surface area contributed by atoms with Gasteiger partial charge in [0.2, 0.25) is 11.8 Å². The fourth-order valence-electron chi connectivity index (χ4n) is 3.28. The van der Waals surface area contributed by atoms with Crippen molar-refractivity contribution in [1.29, 1.82) is 0 Å². The minimum Gasteiger partial charge on any atom is -0.481 e. The number of carbonyl (C=O) groups is 3. The van der Waals surface area contributed by atoms with Crippen molar-refractivity contribution in [1.82, 2.24) is 10.6 Å². The Balaban J connectivity index is 2.82. The van der Waals surface area contributed by atoms with Gasteiger partial charge in [-0.15, -0.1) is 0 Å². The summed E-state index contributed by atoms with van der Waals surface area (Å²) in [5, 5.41) is 14.9. The predicted octanol–water partition coefficient (Wildman–Crippen LogP) is 2.71. The summed E-state index contributed by atoms with van der Waals surface area (Å²) >= 11 is 0. The average Bonchev–Trinajstić information content (AvgIpc) is 2.49. The van der Waals surface area contributed by atoms with Gasteiger partial charge in [0.15, 0.2) is 0 Å². The Morgan fingerprint density at radius 3 is 2.04 bits per heavy atom. The highest BCUT2D eigenvalue weighted by Crippen LogP contribution is 2.23. The minimum atomic E-state index is -1.01. The number of rotatable bonds is 7. The van der Waals surface area contributed by atoms with E-state index in [1.165, 1.54) is 6.42 Å². The molecule has 0 aromatic heterocycles. The van der Waals surface area contributed by atoms with Gasteiger partial charge in [-0.25, -0.2) is 0 Å². The maximum Gasteiger partial charge on any atom is 0.304 e. The van der Waals surface area contributed by atoms with Crippen molar-refractivity contribution in [3.8, 4) is 0 Å². The largest absolute Gasteiger partial charge is 0.481 e. The molecule has 1 aliphatic rings. The summed E-state index contributed by atoms with van der Waals surface area (Å²) in [6, 6.07) is -0.514. The molecule has 2 amide bonds. The van der Waals surface area contributed by atoms with Crippen molar-refractivity contribution in [3.63, 3.8) is 0 Å². The Kier molecular flexibility index (Phi) is 7.90. The van der Waals surface area contributed by atoms with E-state index in [9.17, 15) is 14.4 Å². The molecule has 0 heterocycles. The minimum absolute atomic E-state index is 0.113. The van der Waals surface area contributed by atoms with E-state index < -0.39 is 23.3 Å². The molecule has 0 radical (unpaired) electrons. The van der Waals surface area contributed by atoms with Crippen LogP contribution in [0.2, 0.25) is 0 Å². The van der Waals surface area contributed by atoms with Crippen molar-refractivity contribution < 1.29 is 19.5 Å². The van der Waals surface area contributed by atoms with E-state index in [0.717, 1.165) is 25.7 Å². The van der Waals surface area contributed by atoms with Gasteiger partial charge in [-0.3, -0.25) is 14.4 Å². The average molecular weight is 354 g/mol. The summed E-state index contributed by atoms with van der Waals surface area (Å²) in [6.45, 7) is 9.35. The molecule has 1 fully saturated rings. The first-order valence-corrected chi connectivity index (χ1v) is 9.35. The van der Waals surface area contributed by atoms with Gasteiger partial charge in [0.05, 0.1) is 12.3 Å². The third-order valence-electron chi connectivity index (χ3n) is 4.90. The number of amides is 2. The molecule has 3 N–H and O–H groups in total. The van der Waals surface area contributed by atoms with E-state index in [1.807, 2.05) is 34.6 Å². The zero-order valence-corrected chi connectivity index (χ0v) is 16.2. The lowest BCUT2D eigenvalue weighted by Gasteiger charge is -2.34. The standard InChI is InChI=1S/C19H34N2O4/c1-12(2)14(11-15(22)23)17(24)21-16(19(3,4)5)18(25)20-13-9-7-6-8-10-13/h12-14,16H,6-11H2,1-5H3,(H,20,25)(H,21,24)(H,22,23)/t14-,16?/m1/s1. The maximum atomic E-state index is 12.8. The van der Waals surface area contributed by atoms with Crippen molar-refractivity contribution >= 4 is 17.8 Å². The predicted molar refractivity (Wildman–Crippen MR) is 97.0 cm³/mol. The van der Waals surface area contributed by atoms with Gasteiger partial charge in [-0.1, -0.05) is 53.9 Å². The fraction of sp³-hybridized carbons (Fsp3) is 0.842. The van der Waals surface area contributed by atoms with Crippen LogP contribution >= 0.6 is 0 Å². The molecule has 0 bridgehead atoms. The molecule has 6 heteroatoms. The molecule has 6 nitrogen and oxygen atoms in total. The summed E-state index contributed by atoms with van der Waals surface area (Å²) in [7, 11) is 0. The zero-order chi connectivity index (χ0) is 19.2.